The van der Waals surface area contributed by atoms with Gasteiger partial charge in [0.05, 0.1) is 5.69 Å². The molecule has 0 saturated heterocycles. The molecule has 0 bridgehead atoms. The van der Waals surface area contributed by atoms with E-state index in [1.165, 1.54) is 0 Å². The minimum Gasteiger partial charge on any atom is -0.384 e. The summed E-state index contributed by atoms with van der Waals surface area (Å²) in [6.07, 6.45) is 0. The van der Waals surface area contributed by atoms with Gasteiger partial charge in [0.1, 0.15) is 11.5 Å². The lowest BCUT2D eigenvalue weighted by Crippen LogP contribution is -1.90. The summed E-state index contributed by atoms with van der Waals surface area (Å²) >= 11 is 0. The number of nitrogen functional groups attached to an aromatic ring is 1. The van der Waals surface area contributed by atoms with Crippen molar-refractivity contribution in [3.05, 3.63) is 17.8 Å². The van der Waals surface area contributed by atoms with Gasteiger partial charge in [-0.3, -0.25) is 0 Å². The van der Waals surface area contributed by atoms with Crippen molar-refractivity contribution in [1.29, 1.82) is 0 Å². The van der Waals surface area contributed by atoms with Crippen LogP contribution in [0, 0.1) is 6.92 Å². The molecule has 2 N–H and O–H groups in total. The third-order valence-corrected chi connectivity index (χ3v) is 1.29. The summed E-state index contributed by atoms with van der Waals surface area (Å²) in [7, 11) is 1.62. The predicted molar refractivity (Wildman–Crippen MR) is 43.8 cm³/mol. The Morgan fingerprint density at radius 1 is 1.45 bits per heavy atom. The number of aryl methyl sites for hydroxylation is 1. The lowest BCUT2D eigenvalue weighted by Gasteiger charge is -1.97. The number of pyridine rings is 1. The number of nitrogens with two attached hydrogens (primary N) is 1. The Bertz CT molecular complexity index is 280. The smallest absolute Gasteiger partial charge is 0.123 e. The van der Waals surface area contributed by atoms with Crippen LogP contribution < -0.4 is 5.73 Å². The van der Waals surface area contributed by atoms with Crippen LogP contribution in [0.25, 0.3) is 0 Å². The molecule has 1 aromatic heterocycles. The van der Waals surface area contributed by atoms with Gasteiger partial charge in [-0.25, -0.2) is 4.98 Å². The first kappa shape index (κ1) is 7.65. The van der Waals surface area contributed by atoms with Crippen molar-refractivity contribution in [2.75, 3.05) is 12.8 Å². The largest absolute Gasteiger partial charge is 0.384 e. The summed E-state index contributed by atoms with van der Waals surface area (Å²) in [5.41, 5.74) is 7.01. The van der Waals surface area contributed by atoms with Crippen LogP contribution in [0.3, 0.4) is 0 Å². The van der Waals surface area contributed by atoms with E-state index in [9.17, 15) is 0 Å². The molecule has 1 aromatic rings. The van der Waals surface area contributed by atoms with Crippen LogP contribution in [0.15, 0.2) is 22.4 Å². The minimum absolute atomic E-state index is 0.512. The second-order valence-electron chi connectivity index (χ2n) is 2.14. The third kappa shape index (κ3) is 1.73. The van der Waals surface area contributed by atoms with Crippen molar-refractivity contribution in [2.24, 2.45) is 10.2 Å². The molecule has 0 aliphatic heterocycles. The number of rotatable bonds is 1. The molecule has 58 valence electrons. The molecular weight excluding hydrogens is 140 g/mol. The zero-order valence-electron chi connectivity index (χ0n) is 6.57. The predicted octanol–water partition coefficient (Wildman–Crippen LogP) is 1.69. The Kier molecular flexibility index (Phi) is 2.15. The molecule has 4 heteroatoms. The maximum atomic E-state index is 5.44. The highest BCUT2D eigenvalue weighted by Gasteiger charge is 1.96. The highest BCUT2D eigenvalue weighted by molar-refractivity contribution is 5.45. The molecule has 0 unspecified atom stereocenters. The van der Waals surface area contributed by atoms with E-state index in [4.69, 9.17) is 5.73 Å². The van der Waals surface area contributed by atoms with Crippen molar-refractivity contribution in [3.8, 4) is 0 Å². The molecular formula is C7H10N4. The first-order valence-corrected chi connectivity index (χ1v) is 3.27. The van der Waals surface area contributed by atoms with E-state index in [0.29, 0.717) is 5.82 Å². The highest BCUT2D eigenvalue weighted by atomic mass is 15.1. The number of hydrogen-bond donors (Lipinski definition) is 1. The van der Waals surface area contributed by atoms with E-state index in [0.717, 1.165) is 11.4 Å². The topological polar surface area (TPSA) is 63.6 Å². The number of azo groups is 1. The molecule has 4 nitrogen and oxygen atoms in total. The number of aromatic nitrogens is 1. The average molecular weight is 150 g/mol. The molecule has 0 aliphatic rings. The molecule has 0 saturated carbocycles. The van der Waals surface area contributed by atoms with Crippen LogP contribution >= 0.6 is 0 Å². The summed E-state index contributed by atoms with van der Waals surface area (Å²) < 4.78 is 0. The molecule has 0 aliphatic carbocycles. The van der Waals surface area contributed by atoms with Crippen molar-refractivity contribution in [2.45, 2.75) is 6.92 Å². The van der Waals surface area contributed by atoms with Crippen molar-refractivity contribution in [3.63, 3.8) is 0 Å². The maximum Gasteiger partial charge on any atom is 0.123 e. The van der Waals surface area contributed by atoms with Crippen LogP contribution in [0.2, 0.25) is 0 Å². The van der Waals surface area contributed by atoms with Gasteiger partial charge in [-0.15, -0.1) is 0 Å². The van der Waals surface area contributed by atoms with Crippen LogP contribution in [0.5, 0.6) is 0 Å². The lowest BCUT2D eigenvalue weighted by atomic mass is 10.3. The lowest BCUT2D eigenvalue weighted by molar-refractivity contribution is 1.11. The number of hydrogen-bond acceptors (Lipinski definition) is 4. The van der Waals surface area contributed by atoms with E-state index in [-0.39, 0.29) is 0 Å². The first-order valence-electron chi connectivity index (χ1n) is 3.27. The van der Waals surface area contributed by atoms with Crippen LogP contribution in [0.4, 0.5) is 11.5 Å². The molecule has 1 rings (SSSR count). The molecule has 0 spiro atoms. The van der Waals surface area contributed by atoms with Gasteiger partial charge in [0.25, 0.3) is 0 Å². The standard InChI is InChI=1S/C7H10N4/c1-5-6(11-9-2)3-4-7(8)10-5/h3-4H,1-2H3,(H2,8,10). The van der Waals surface area contributed by atoms with Gasteiger partial charge in [-0.05, 0) is 19.1 Å². The molecule has 0 amide bonds. The van der Waals surface area contributed by atoms with E-state index in [1.807, 2.05) is 6.92 Å². The van der Waals surface area contributed by atoms with Crippen molar-refractivity contribution < 1.29 is 0 Å². The zero-order valence-corrected chi connectivity index (χ0v) is 6.57. The fourth-order valence-electron chi connectivity index (χ4n) is 0.787. The first-order chi connectivity index (χ1) is 5.24. The minimum atomic E-state index is 0.512. The summed E-state index contributed by atoms with van der Waals surface area (Å²) in [5.74, 6) is 0.512. The van der Waals surface area contributed by atoms with Crippen LogP contribution in [-0.4, -0.2) is 12.0 Å². The maximum absolute atomic E-state index is 5.44. The zero-order chi connectivity index (χ0) is 8.27. The van der Waals surface area contributed by atoms with Crippen molar-refractivity contribution in [1.82, 2.24) is 4.98 Å². The van der Waals surface area contributed by atoms with Crippen LogP contribution in [0.1, 0.15) is 5.69 Å². The van der Waals surface area contributed by atoms with Gasteiger partial charge in [-0.2, -0.15) is 10.2 Å². The summed E-state index contributed by atoms with van der Waals surface area (Å²) in [4.78, 5) is 4.02. The second kappa shape index (κ2) is 3.09. The van der Waals surface area contributed by atoms with Gasteiger partial charge in [0.2, 0.25) is 0 Å². The number of anilines is 1. The quantitative estimate of drug-likeness (QED) is 0.619. The van der Waals surface area contributed by atoms with Gasteiger partial charge in [-0.1, -0.05) is 0 Å². The van der Waals surface area contributed by atoms with Gasteiger partial charge in [0.15, 0.2) is 0 Å². The van der Waals surface area contributed by atoms with E-state index in [2.05, 4.69) is 15.2 Å². The Labute approximate surface area is 65.2 Å². The molecule has 0 fully saturated rings. The Hall–Kier alpha value is -1.45. The number of nitrogens with zero attached hydrogens (tertiary/aromatic N) is 3. The molecule has 1 heterocycles. The average Bonchev–Trinajstić information content (AvgIpc) is 1.95. The van der Waals surface area contributed by atoms with E-state index in [1.54, 1.807) is 19.2 Å². The summed E-state index contributed by atoms with van der Waals surface area (Å²) in [5, 5.41) is 7.49. The normalized spacial score (nSPS) is 10.7. The highest BCUT2D eigenvalue weighted by Crippen LogP contribution is 2.17. The molecule has 0 aromatic carbocycles. The summed E-state index contributed by atoms with van der Waals surface area (Å²) in [6, 6.07) is 3.50. The molecule has 0 radical (unpaired) electrons. The third-order valence-electron chi connectivity index (χ3n) is 1.29. The Morgan fingerprint density at radius 3 is 2.73 bits per heavy atom. The van der Waals surface area contributed by atoms with Gasteiger partial charge < -0.3 is 5.73 Å². The fourth-order valence-corrected chi connectivity index (χ4v) is 0.787. The summed E-state index contributed by atoms with van der Waals surface area (Å²) in [6.45, 7) is 1.85. The molecule has 11 heavy (non-hydrogen) atoms. The Balaban J connectivity index is 3.09. The SMILES string of the molecule is CN=Nc1ccc(N)nc1C. The van der Waals surface area contributed by atoms with Crippen molar-refractivity contribution >= 4 is 11.5 Å². The molecule has 0 atom stereocenters. The second-order valence-corrected chi connectivity index (χ2v) is 2.14. The monoisotopic (exact) mass is 150 g/mol. The van der Waals surface area contributed by atoms with Gasteiger partial charge >= 0.3 is 0 Å². The van der Waals surface area contributed by atoms with E-state index >= 15 is 0 Å². The van der Waals surface area contributed by atoms with E-state index < -0.39 is 0 Å². The van der Waals surface area contributed by atoms with Crippen LogP contribution in [-0.2, 0) is 0 Å². The Morgan fingerprint density at radius 2 is 2.18 bits per heavy atom. The fraction of sp³-hybridized carbons (Fsp3) is 0.286. The van der Waals surface area contributed by atoms with Gasteiger partial charge in [0, 0.05) is 7.05 Å².